The molecule has 2 aromatic rings. The highest BCUT2D eigenvalue weighted by atomic mass is 16.5. The molecule has 3 nitrogen and oxygen atoms in total. The van der Waals surface area contributed by atoms with Crippen LogP contribution in [0.3, 0.4) is 0 Å². The number of unbranched alkanes of at least 4 members (excludes halogenated alkanes) is 3. The molecule has 3 rings (SSSR count). The van der Waals surface area contributed by atoms with Gasteiger partial charge < -0.3 is 4.74 Å². The van der Waals surface area contributed by atoms with Crippen molar-refractivity contribution >= 4 is 0 Å². The third kappa shape index (κ3) is 6.05. The number of nitrogens with zero attached hydrogens (tertiary/aromatic N) is 2. The van der Waals surface area contributed by atoms with Crippen molar-refractivity contribution in [1.29, 1.82) is 0 Å². The van der Waals surface area contributed by atoms with Gasteiger partial charge in [0.15, 0.2) is 5.82 Å². The molecule has 0 saturated heterocycles. The average Bonchev–Trinajstić information content (AvgIpc) is 2.75. The van der Waals surface area contributed by atoms with Crippen molar-refractivity contribution in [1.82, 2.24) is 9.97 Å². The van der Waals surface area contributed by atoms with Gasteiger partial charge in [-0.3, -0.25) is 0 Å². The second kappa shape index (κ2) is 11.2. The number of hydrogen-bond donors (Lipinski definition) is 0. The monoisotopic (exact) mass is 380 g/mol. The van der Waals surface area contributed by atoms with Crippen molar-refractivity contribution in [3.63, 3.8) is 0 Å². The van der Waals surface area contributed by atoms with Crippen molar-refractivity contribution < 1.29 is 4.74 Å². The van der Waals surface area contributed by atoms with E-state index in [9.17, 15) is 0 Å². The summed E-state index contributed by atoms with van der Waals surface area (Å²) in [6, 6.07) is 8.14. The molecule has 0 N–H and O–H groups in total. The molecule has 0 unspecified atom stereocenters. The number of rotatable bonds is 10. The highest BCUT2D eigenvalue weighted by Gasteiger charge is 2.22. The molecule has 1 fully saturated rings. The van der Waals surface area contributed by atoms with Crippen LogP contribution in [0.1, 0.15) is 89.5 Å². The van der Waals surface area contributed by atoms with Crippen LogP contribution in [0.4, 0.5) is 0 Å². The fourth-order valence-electron chi connectivity index (χ4n) is 4.20. The molecule has 1 aromatic carbocycles. The minimum Gasteiger partial charge on any atom is -0.494 e. The molecule has 1 aliphatic carbocycles. The standard InChI is InChI=1S/C25H36N2O/c1-3-5-7-8-20-9-11-21(12-10-20)23-18-26-25(27-19-23)22-13-15-24(16-14-22)28-17-6-4-2/h13-16,18-21H,3-12,17H2,1-2H3. The first-order valence-electron chi connectivity index (χ1n) is 11.3. The maximum absolute atomic E-state index is 5.73. The molecule has 3 heteroatoms. The molecule has 0 amide bonds. The molecular formula is C25H36N2O. The number of ether oxygens (including phenoxy) is 1. The Kier molecular flexibility index (Phi) is 8.32. The highest BCUT2D eigenvalue weighted by molar-refractivity contribution is 5.56. The van der Waals surface area contributed by atoms with Gasteiger partial charge in [-0.2, -0.15) is 0 Å². The van der Waals surface area contributed by atoms with Gasteiger partial charge in [0.1, 0.15) is 5.75 Å². The van der Waals surface area contributed by atoms with Crippen molar-refractivity contribution in [3.05, 3.63) is 42.2 Å². The lowest BCUT2D eigenvalue weighted by molar-refractivity contribution is 0.302. The first-order valence-corrected chi connectivity index (χ1v) is 11.3. The molecule has 0 bridgehead atoms. The maximum atomic E-state index is 5.73. The van der Waals surface area contributed by atoms with Crippen LogP contribution in [-0.4, -0.2) is 16.6 Å². The van der Waals surface area contributed by atoms with Gasteiger partial charge in [0.25, 0.3) is 0 Å². The molecule has 0 radical (unpaired) electrons. The summed E-state index contributed by atoms with van der Waals surface area (Å²) in [4.78, 5) is 9.31. The minimum absolute atomic E-state index is 0.644. The van der Waals surface area contributed by atoms with E-state index in [1.807, 2.05) is 12.1 Å². The number of aromatic nitrogens is 2. The van der Waals surface area contributed by atoms with Gasteiger partial charge in [0.05, 0.1) is 6.61 Å². The molecule has 1 aromatic heterocycles. The third-order valence-electron chi connectivity index (χ3n) is 6.09. The van der Waals surface area contributed by atoms with Gasteiger partial charge in [-0.05, 0) is 73.8 Å². The summed E-state index contributed by atoms with van der Waals surface area (Å²) in [7, 11) is 0. The fourth-order valence-corrected chi connectivity index (χ4v) is 4.20. The Hall–Kier alpha value is -1.90. The van der Waals surface area contributed by atoms with E-state index >= 15 is 0 Å². The van der Waals surface area contributed by atoms with Crippen molar-refractivity contribution in [2.24, 2.45) is 5.92 Å². The van der Waals surface area contributed by atoms with Crippen LogP contribution >= 0.6 is 0 Å². The zero-order valence-corrected chi connectivity index (χ0v) is 17.7. The number of hydrogen-bond acceptors (Lipinski definition) is 3. The molecule has 152 valence electrons. The fraction of sp³-hybridized carbons (Fsp3) is 0.600. The van der Waals surface area contributed by atoms with Crippen molar-refractivity contribution in [3.8, 4) is 17.1 Å². The van der Waals surface area contributed by atoms with E-state index in [-0.39, 0.29) is 0 Å². The lowest BCUT2D eigenvalue weighted by Gasteiger charge is -2.28. The van der Waals surface area contributed by atoms with Crippen LogP contribution < -0.4 is 4.74 Å². The Bertz CT molecular complexity index is 673. The predicted molar refractivity (Wildman–Crippen MR) is 117 cm³/mol. The summed E-state index contributed by atoms with van der Waals surface area (Å²) < 4.78 is 5.73. The molecule has 1 aliphatic rings. The van der Waals surface area contributed by atoms with Gasteiger partial charge in [-0.25, -0.2) is 9.97 Å². The normalized spacial score (nSPS) is 19.5. The number of benzene rings is 1. The van der Waals surface area contributed by atoms with Crippen LogP contribution in [0, 0.1) is 5.92 Å². The first-order chi connectivity index (χ1) is 13.8. The smallest absolute Gasteiger partial charge is 0.159 e. The van der Waals surface area contributed by atoms with Gasteiger partial charge in [-0.1, -0.05) is 46.0 Å². The van der Waals surface area contributed by atoms with Crippen LogP contribution in [0.2, 0.25) is 0 Å². The molecular weight excluding hydrogens is 344 g/mol. The minimum atomic E-state index is 0.644. The van der Waals surface area contributed by atoms with E-state index in [0.717, 1.165) is 42.5 Å². The summed E-state index contributed by atoms with van der Waals surface area (Å²) >= 11 is 0. The highest BCUT2D eigenvalue weighted by Crippen LogP contribution is 2.37. The summed E-state index contributed by atoms with van der Waals surface area (Å²) in [5, 5.41) is 0. The van der Waals surface area contributed by atoms with E-state index in [2.05, 4.69) is 48.3 Å². The van der Waals surface area contributed by atoms with E-state index in [0.29, 0.717) is 5.92 Å². The Morgan fingerprint density at radius 3 is 2.18 bits per heavy atom. The molecule has 28 heavy (non-hydrogen) atoms. The van der Waals surface area contributed by atoms with Crippen LogP contribution in [-0.2, 0) is 0 Å². The van der Waals surface area contributed by atoms with E-state index in [4.69, 9.17) is 4.74 Å². The lowest BCUT2D eigenvalue weighted by atomic mass is 9.77. The maximum Gasteiger partial charge on any atom is 0.159 e. The van der Waals surface area contributed by atoms with E-state index in [1.165, 1.54) is 56.9 Å². The molecule has 1 heterocycles. The third-order valence-corrected chi connectivity index (χ3v) is 6.09. The molecule has 0 atom stereocenters. The topological polar surface area (TPSA) is 35.0 Å². The van der Waals surface area contributed by atoms with Gasteiger partial charge in [0, 0.05) is 18.0 Å². The van der Waals surface area contributed by atoms with Crippen LogP contribution in [0.5, 0.6) is 5.75 Å². The Labute approximate surface area is 171 Å². The lowest BCUT2D eigenvalue weighted by Crippen LogP contribution is -2.14. The van der Waals surface area contributed by atoms with Gasteiger partial charge >= 0.3 is 0 Å². The largest absolute Gasteiger partial charge is 0.494 e. The quantitative estimate of drug-likeness (QED) is 0.410. The predicted octanol–water partition coefficient (Wildman–Crippen LogP) is 7.18. The van der Waals surface area contributed by atoms with Crippen molar-refractivity contribution in [2.75, 3.05) is 6.61 Å². The second-order valence-corrected chi connectivity index (χ2v) is 8.28. The Balaban J connectivity index is 1.51. The Morgan fingerprint density at radius 2 is 1.54 bits per heavy atom. The van der Waals surface area contributed by atoms with Crippen molar-refractivity contribution in [2.45, 2.75) is 84.0 Å². The molecule has 0 aliphatic heterocycles. The van der Waals surface area contributed by atoms with Gasteiger partial charge in [0.2, 0.25) is 0 Å². The summed E-state index contributed by atoms with van der Waals surface area (Å²) in [6.45, 7) is 5.24. The van der Waals surface area contributed by atoms with E-state index in [1.54, 1.807) is 0 Å². The summed E-state index contributed by atoms with van der Waals surface area (Å²) in [5.74, 6) is 3.31. The van der Waals surface area contributed by atoms with E-state index < -0.39 is 0 Å². The van der Waals surface area contributed by atoms with Crippen LogP contribution in [0.25, 0.3) is 11.4 Å². The second-order valence-electron chi connectivity index (χ2n) is 8.28. The summed E-state index contributed by atoms with van der Waals surface area (Å²) in [5.41, 5.74) is 2.37. The molecule has 1 saturated carbocycles. The SMILES string of the molecule is CCCCCC1CCC(c2cnc(-c3ccc(OCCCC)cc3)nc2)CC1. The molecule has 0 spiro atoms. The first kappa shape index (κ1) is 20.8. The zero-order chi connectivity index (χ0) is 19.6. The van der Waals surface area contributed by atoms with Crippen LogP contribution in [0.15, 0.2) is 36.7 Å². The zero-order valence-electron chi connectivity index (χ0n) is 17.7. The average molecular weight is 381 g/mol. The van der Waals surface area contributed by atoms with Gasteiger partial charge in [-0.15, -0.1) is 0 Å². The Morgan fingerprint density at radius 1 is 0.857 bits per heavy atom. The summed E-state index contributed by atoms with van der Waals surface area (Å²) in [6.07, 6.45) is 17.2.